The van der Waals surface area contributed by atoms with Crippen molar-refractivity contribution in [3.63, 3.8) is 0 Å². The van der Waals surface area contributed by atoms with Gasteiger partial charge in [0.2, 0.25) is 0 Å². The number of imidazole rings is 1. The molecule has 0 unspecified atom stereocenters. The van der Waals surface area contributed by atoms with Gasteiger partial charge in [-0.2, -0.15) is 0 Å². The second kappa shape index (κ2) is 5.59. The van der Waals surface area contributed by atoms with E-state index in [1.807, 2.05) is 29.8 Å². The Kier molecular flexibility index (Phi) is 3.88. The summed E-state index contributed by atoms with van der Waals surface area (Å²) in [5.41, 5.74) is 2.95. The van der Waals surface area contributed by atoms with Crippen molar-refractivity contribution in [2.45, 2.75) is 26.4 Å². The topological polar surface area (TPSA) is 49.9 Å². The minimum absolute atomic E-state index is 0.0186. The first-order valence-corrected chi connectivity index (χ1v) is 5.85. The van der Waals surface area contributed by atoms with Crippen molar-refractivity contribution in [2.24, 2.45) is 4.99 Å². The van der Waals surface area contributed by atoms with Crippen LogP contribution < -0.4 is 0 Å². The first kappa shape index (κ1) is 11.8. The van der Waals surface area contributed by atoms with E-state index in [0.717, 1.165) is 30.7 Å². The summed E-state index contributed by atoms with van der Waals surface area (Å²) in [7, 11) is 0. The number of nitrogens with zero attached hydrogens (tertiary/aromatic N) is 3. The fourth-order valence-corrected chi connectivity index (χ4v) is 1.84. The zero-order chi connectivity index (χ0) is 12.1. The summed E-state index contributed by atoms with van der Waals surface area (Å²) in [6.45, 7) is 2.82. The van der Waals surface area contributed by atoms with Gasteiger partial charge in [0.25, 0.3) is 0 Å². The summed E-state index contributed by atoms with van der Waals surface area (Å²) in [5, 5.41) is 9.18. The highest BCUT2D eigenvalue weighted by Crippen LogP contribution is 2.10. The number of aromatic nitrogens is 2. The van der Waals surface area contributed by atoms with Gasteiger partial charge in [0.15, 0.2) is 0 Å². The number of pyridine rings is 1. The van der Waals surface area contributed by atoms with E-state index in [9.17, 15) is 5.11 Å². The molecule has 17 heavy (non-hydrogen) atoms. The summed E-state index contributed by atoms with van der Waals surface area (Å²) in [5.74, 6) is 0. The van der Waals surface area contributed by atoms with E-state index in [0.29, 0.717) is 0 Å². The van der Waals surface area contributed by atoms with Crippen LogP contribution in [-0.2, 0) is 13.0 Å². The molecule has 0 aliphatic heterocycles. The van der Waals surface area contributed by atoms with Crippen molar-refractivity contribution in [3.05, 3.63) is 35.8 Å². The molecule has 0 saturated heterocycles. The predicted molar refractivity (Wildman–Crippen MR) is 68.5 cm³/mol. The monoisotopic (exact) mass is 231 g/mol. The van der Waals surface area contributed by atoms with E-state index in [1.165, 1.54) is 5.56 Å². The van der Waals surface area contributed by atoms with Gasteiger partial charge in [-0.3, -0.25) is 4.99 Å². The second-order valence-electron chi connectivity index (χ2n) is 3.94. The Morgan fingerprint density at radius 1 is 1.47 bits per heavy atom. The van der Waals surface area contributed by atoms with Gasteiger partial charge >= 0.3 is 0 Å². The van der Waals surface area contributed by atoms with Gasteiger partial charge in [-0.05, 0) is 37.6 Å². The normalized spacial score (nSPS) is 11.6. The quantitative estimate of drug-likeness (QED) is 0.630. The summed E-state index contributed by atoms with van der Waals surface area (Å²) < 4.78 is 1.94. The molecular formula is C13H17N3O. The molecule has 1 N–H and O–H groups in total. The van der Waals surface area contributed by atoms with E-state index in [4.69, 9.17) is 0 Å². The van der Waals surface area contributed by atoms with Crippen molar-refractivity contribution >= 4 is 11.9 Å². The van der Waals surface area contributed by atoms with Gasteiger partial charge in [-0.25, -0.2) is 4.98 Å². The predicted octanol–water partition coefficient (Wildman–Crippen LogP) is 1.85. The van der Waals surface area contributed by atoms with Crippen molar-refractivity contribution in [1.82, 2.24) is 9.38 Å². The molecule has 0 fully saturated rings. The zero-order valence-corrected chi connectivity index (χ0v) is 10.0. The largest absolute Gasteiger partial charge is 0.390 e. The molecule has 0 spiro atoms. The number of hydrogen-bond donors (Lipinski definition) is 1. The van der Waals surface area contributed by atoms with E-state index in [1.54, 1.807) is 6.20 Å². The Balaban J connectivity index is 2.12. The molecular weight excluding hydrogens is 214 g/mol. The first-order chi connectivity index (χ1) is 8.35. The number of aliphatic imine (C=N–C) groups is 1. The van der Waals surface area contributed by atoms with Crippen LogP contribution in [0.15, 0.2) is 29.5 Å². The van der Waals surface area contributed by atoms with Crippen LogP contribution in [0, 0.1) is 0 Å². The van der Waals surface area contributed by atoms with Crippen molar-refractivity contribution < 1.29 is 5.11 Å². The van der Waals surface area contributed by atoms with E-state index >= 15 is 0 Å². The summed E-state index contributed by atoms with van der Waals surface area (Å²) in [6.07, 6.45) is 7.63. The van der Waals surface area contributed by atoms with E-state index < -0.39 is 0 Å². The molecule has 0 saturated carbocycles. The molecule has 0 aliphatic rings. The van der Waals surface area contributed by atoms with Crippen molar-refractivity contribution in [3.8, 4) is 0 Å². The number of rotatable bonds is 5. The van der Waals surface area contributed by atoms with Crippen LogP contribution in [0.25, 0.3) is 5.65 Å². The average Bonchev–Trinajstić information content (AvgIpc) is 2.77. The van der Waals surface area contributed by atoms with Crippen LogP contribution in [-0.4, -0.2) is 27.3 Å². The molecule has 2 aromatic rings. The average molecular weight is 231 g/mol. The maximum atomic E-state index is 9.18. The lowest BCUT2D eigenvalue weighted by Crippen LogP contribution is -1.96. The Hall–Kier alpha value is -1.68. The molecule has 0 bridgehead atoms. The number of aliphatic hydroxyl groups excluding tert-OH is 1. The van der Waals surface area contributed by atoms with Gasteiger partial charge in [0, 0.05) is 12.7 Å². The molecule has 2 rings (SSSR count). The molecule has 0 radical (unpaired) electrons. The van der Waals surface area contributed by atoms with Crippen LogP contribution in [0.5, 0.6) is 0 Å². The van der Waals surface area contributed by atoms with Crippen LogP contribution in [0.1, 0.15) is 24.6 Å². The molecule has 0 atom stereocenters. The Labute approximate surface area is 101 Å². The molecule has 90 valence electrons. The van der Waals surface area contributed by atoms with Crippen LogP contribution >= 0.6 is 0 Å². The third kappa shape index (κ3) is 2.71. The van der Waals surface area contributed by atoms with Gasteiger partial charge < -0.3 is 9.51 Å². The molecule has 0 aliphatic carbocycles. The van der Waals surface area contributed by atoms with Crippen molar-refractivity contribution in [1.29, 1.82) is 0 Å². The lowest BCUT2D eigenvalue weighted by atomic mass is 10.1. The van der Waals surface area contributed by atoms with Crippen molar-refractivity contribution in [2.75, 3.05) is 6.54 Å². The molecule has 2 heterocycles. The standard InChI is InChI=1S/C13H17N3O/c1-2-14-7-3-4-11-5-6-13-15-8-12(10-17)16(13)9-11/h2,5-6,8-9,17H,3-4,7,10H2,1H3. The van der Waals surface area contributed by atoms with Gasteiger partial charge in [0.1, 0.15) is 5.65 Å². The van der Waals surface area contributed by atoms with Gasteiger partial charge in [-0.1, -0.05) is 6.07 Å². The maximum absolute atomic E-state index is 9.18. The van der Waals surface area contributed by atoms with Gasteiger partial charge in [0.05, 0.1) is 18.5 Å². The van der Waals surface area contributed by atoms with Crippen LogP contribution in [0.4, 0.5) is 0 Å². The van der Waals surface area contributed by atoms with Gasteiger partial charge in [-0.15, -0.1) is 0 Å². The Bertz CT molecular complexity index is 516. The highest BCUT2D eigenvalue weighted by atomic mass is 16.3. The molecule has 0 aromatic carbocycles. The summed E-state index contributed by atoms with van der Waals surface area (Å²) in [6, 6.07) is 4.07. The number of aryl methyl sites for hydroxylation is 1. The maximum Gasteiger partial charge on any atom is 0.136 e. The molecule has 2 aromatic heterocycles. The zero-order valence-electron chi connectivity index (χ0n) is 10.0. The highest BCUT2D eigenvalue weighted by molar-refractivity contribution is 5.53. The van der Waals surface area contributed by atoms with Crippen LogP contribution in [0.3, 0.4) is 0 Å². The number of hydrogen-bond acceptors (Lipinski definition) is 3. The highest BCUT2D eigenvalue weighted by Gasteiger charge is 2.02. The number of aliphatic hydroxyl groups is 1. The minimum atomic E-state index is 0.0186. The van der Waals surface area contributed by atoms with Crippen LogP contribution in [0.2, 0.25) is 0 Å². The molecule has 4 heteroatoms. The smallest absolute Gasteiger partial charge is 0.136 e. The fraction of sp³-hybridized carbons (Fsp3) is 0.385. The molecule has 4 nitrogen and oxygen atoms in total. The SMILES string of the molecule is CC=NCCCc1ccc2ncc(CO)n2c1. The third-order valence-corrected chi connectivity index (χ3v) is 2.74. The Morgan fingerprint density at radius 3 is 3.12 bits per heavy atom. The summed E-state index contributed by atoms with van der Waals surface area (Å²) >= 11 is 0. The second-order valence-corrected chi connectivity index (χ2v) is 3.94. The summed E-state index contributed by atoms with van der Waals surface area (Å²) in [4.78, 5) is 8.41. The Morgan fingerprint density at radius 2 is 2.35 bits per heavy atom. The third-order valence-electron chi connectivity index (χ3n) is 2.74. The minimum Gasteiger partial charge on any atom is -0.390 e. The lowest BCUT2D eigenvalue weighted by Gasteiger charge is -2.03. The molecule has 0 amide bonds. The van der Waals surface area contributed by atoms with E-state index in [-0.39, 0.29) is 6.61 Å². The fourth-order valence-electron chi connectivity index (χ4n) is 1.84. The lowest BCUT2D eigenvalue weighted by molar-refractivity contribution is 0.276. The number of fused-ring (bicyclic) bond motifs is 1. The van der Waals surface area contributed by atoms with E-state index in [2.05, 4.69) is 16.0 Å². The first-order valence-electron chi connectivity index (χ1n) is 5.85.